The van der Waals surface area contributed by atoms with E-state index in [9.17, 15) is 0 Å². The van der Waals surface area contributed by atoms with E-state index in [-0.39, 0.29) is 0 Å². The summed E-state index contributed by atoms with van der Waals surface area (Å²) in [5, 5.41) is 4.90. The second-order valence-electron chi connectivity index (χ2n) is 7.52. The molecule has 2 fully saturated rings. The van der Waals surface area contributed by atoms with E-state index in [1.54, 1.807) is 4.90 Å². The monoisotopic (exact) mass is 321 g/mol. The standard InChI is InChI=1S/C17H28N4S/c22-17-20-12-5-1-2-10-16(20)18-21(17)13-19-11-6-8-14-7-3-4-9-15(14)19/h14-15H,1-13H2/p+1/t14-,15+/m1/s1. The number of piperidine rings is 1. The number of hydrogen-bond acceptors (Lipinski definition) is 2. The number of fused-ring (bicyclic) bond motifs is 2. The molecule has 1 unspecified atom stereocenters. The lowest BCUT2D eigenvalue weighted by Gasteiger charge is -2.40. The van der Waals surface area contributed by atoms with Crippen molar-refractivity contribution in [2.75, 3.05) is 6.54 Å². The molecule has 1 aromatic rings. The zero-order valence-electron chi connectivity index (χ0n) is 13.6. The molecule has 3 aliphatic rings. The molecule has 122 valence electrons. The average Bonchev–Trinajstić information content (AvgIpc) is 2.73. The molecule has 3 heterocycles. The van der Waals surface area contributed by atoms with Gasteiger partial charge in [-0.1, -0.05) is 12.8 Å². The minimum absolute atomic E-state index is 0.867. The molecule has 5 heteroatoms. The summed E-state index contributed by atoms with van der Waals surface area (Å²) in [7, 11) is 0. The van der Waals surface area contributed by atoms with Crippen LogP contribution in [0.5, 0.6) is 0 Å². The van der Waals surface area contributed by atoms with Crippen molar-refractivity contribution in [1.82, 2.24) is 14.3 Å². The van der Waals surface area contributed by atoms with Crippen molar-refractivity contribution < 1.29 is 4.90 Å². The average molecular weight is 322 g/mol. The second-order valence-corrected chi connectivity index (χ2v) is 7.89. The zero-order chi connectivity index (χ0) is 14.9. The number of nitrogens with zero attached hydrogens (tertiary/aromatic N) is 3. The molecule has 0 aromatic carbocycles. The Morgan fingerprint density at radius 2 is 1.91 bits per heavy atom. The summed E-state index contributed by atoms with van der Waals surface area (Å²) < 4.78 is 5.44. The number of hydrogen-bond donors (Lipinski definition) is 1. The number of aromatic nitrogens is 3. The van der Waals surface area contributed by atoms with Crippen molar-refractivity contribution in [2.24, 2.45) is 5.92 Å². The van der Waals surface area contributed by atoms with Gasteiger partial charge in [0, 0.05) is 18.9 Å². The van der Waals surface area contributed by atoms with Gasteiger partial charge in [-0.15, -0.1) is 0 Å². The van der Waals surface area contributed by atoms with Crippen molar-refractivity contribution in [1.29, 1.82) is 0 Å². The van der Waals surface area contributed by atoms with Crippen LogP contribution < -0.4 is 4.90 Å². The topological polar surface area (TPSA) is 27.2 Å². The summed E-state index contributed by atoms with van der Waals surface area (Å²) in [4.78, 5) is 1.75. The highest BCUT2D eigenvalue weighted by Crippen LogP contribution is 2.28. The summed E-state index contributed by atoms with van der Waals surface area (Å²) in [5.41, 5.74) is 0. The lowest BCUT2D eigenvalue weighted by molar-refractivity contribution is -0.958. The number of aryl methyl sites for hydroxylation is 1. The van der Waals surface area contributed by atoms with Gasteiger partial charge in [0.05, 0.1) is 12.6 Å². The molecule has 0 amide bonds. The molecule has 1 saturated heterocycles. The molecule has 0 bridgehead atoms. The first-order valence-electron chi connectivity index (χ1n) is 9.34. The Morgan fingerprint density at radius 1 is 1.05 bits per heavy atom. The Morgan fingerprint density at radius 3 is 2.86 bits per heavy atom. The smallest absolute Gasteiger partial charge is 0.202 e. The summed E-state index contributed by atoms with van der Waals surface area (Å²) >= 11 is 5.74. The SMILES string of the molecule is S=c1n(C[NH+]2CCC[C@H]3CCCC[C@@H]32)nc2n1CCCCC2. The molecule has 4 rings (SSSR count). The van der Waals surface area contributed by atoms with E-state index in [0.717, 1.165) is 36.4 Å². The van der Waals surface area contributed by atoms with Gasteiger partial charge in [-0.05, 0) is 57.2 Å². The number of nitrogens with one attached hydrogen (secondary N) is 1. The molecule has 4 nitrogen and oxygen atoms in total. The van der Waals surface area contributed by atoms with Crippen LogP contribution in [0.3, 0.4) is 0 Å². The van der Waals surface area contributed by atoms with Crippen LogP contribution in [-0.2, 0) is 19.6 Å². The van der Waals surface area contributed by atoms with Crippen molar-refractivity contribution in [2.45, 2.75) is 83.5 Å². The van der Waals surface area contributed by atoms with Crippen molar-refractivity contribution in [3.63, 3.8) is 0 Å². The zero-order valence-corrected chi connectivity index (χ0v) is 14.4. The van der Waals surface area contributed by atoms with Gasteiger partial charge in [0.2, 0.25) is 4.77 Å². The van der Waals surface area contributed by atoms with Crippen LogP contribution in [0.4, 0.5) is 0 Å². The fraction of sp³-hybridized carbons (Fsp3) is 0.882. The maximum atomic E-state index is 5.74. The number of likely N-dealkylation sites (tertiary alicyclic amines) is 1. The van der Waals surface area contributed by atoms with Crippen LogP contribution in [0.1, 0.15) is 63.6 Å². The van der Waals surface area contributed by atoms with E-state index in [1.165, 1.54) is 70.2 Å². The van der Waals surface area contributed by atoms with E-state index < -0.39 is 0 Å². The highest BCUT2D eigenvalue weighted by atomic mass is 32.1. The summed E-state index contributed by atoms with van der Waals surface area (Å²) in [6, 6.07) is 0.867. The normalized spacial score (nSPS) is 32.1. The maximum Gasteiger partial charge on any atom is 0.202 e. The molecule has 2 aliphatic heterocycles. The van der Waals surface area contributed by atoms with Crippen LogP contribution >= 0.6 is 12.2 Å². The third-order valence-electron chi connectivity index (χ3n) is 6.14. The first-order chi connectivity index (χ1) is 10.8. The highest BCUT2D eigenvalue weighted by Gasteiger charge is 2.36. The lowest BCUT2D eigenvalue weighted by Crippen LogP contribution is -3.17. The van der Waals surface area contributed by atoms with Gasteiger partial charge < -0.3 is 9.47 Å². The van der Waals surface area contributed by atoms with E-state index in [1.807, 2.05) is 0 Å². The Labute approximate surface area is 138 Å². The Kier molecular flexibility index (Phi) is 4.36. The molecule has 1 aliphatic carbocycles. The Balaban J connectivity index is 1.54. The number of quaternary nitrogens is 1. The fourth-order valence-electron chi connectivity index (χ4n) is 4.98. The Bertz CT molecular complexity index is 574. The highest BCUT2D eigenvalue weighted by molar-refractivity contribution is 7.71. The van der Waals surface area contributed by atoms with Gasteiger partial charge in [-0.3, -0.25) is 0 Å². The minimum Gasteiger partial charge on any atom is -0.314 e. The fourth-order valence-corrected chi connectivity index (χ4v) is 5.29. The summed E-state index contributed by atoms with van der Waals surface area (Å²) in [6.07, 6.45) is 13.6. The molecular weight excluding hydrogens is 292 g/mol. The summed E-state index contributed by atoms with van der Waals surface area (Å²) in [5.74, 6) is 2.20. The molecular formula is C17H29N4S+. The van der Waals surface area contributed by atoms with E-state index in [2.05, 4.69) is 9.25 Å². The predicted molar refractivity (Wildman–Crippen MR) is 89.4 cm³/mol. The van der Waals surface area contributed by atoms with Crippen molar-refractivity contribution in [3.8, 4) is 0 Å². The molecule has 3 atom stereocenters. The maximum absolute atomic E-state index is 5.74. The third-order valence-corrected chi connectivity index (χ3v) is 6.57. The van der Waals surface area contributed by atoms with Gasteiger partial charge in [-0.2, -0.15) is 9.78 Å². The largest absolute Gasteiger partial charge is 0.314 e. The van der Waals surface area contributed by atoms with Crippen LogP contribution in [0.25, 0.3) is 0 Å². The van der Waals surface area contributed by atoms with Gasteiger partial charge in [0.1, 0.15) is 5.82 Å². The first-order valence-corrected chi connectivity index (χ1v) is 9.75. The van der Waals surface area contributed by atoms with Gasteiger partial charge in [0.25, 0.3) is 0 Å². The van der Waals surface area contributed by atoms with Crippen LogP contribution in [0, 0.1) is 10.7 Å². The molecule has 1 saturated carbocycles. The van der Waals surface area contributed by atoms with Crippen LogP contribution in [-0.4, -0.2) is 26.9 Å². The van der Waals surface area contributed by atoms with Crippen molar-refractivity contribution in [3.05, 3.63) is 10.6 Å². The molecule has 0 radical (unpaired) electrons. The minimum atomic E-state index is 0.867. The lowest BCUT2D eigenvalue weighted by atomic mass is 9.78. The predicted octanol–water partition coefficient (Wildman–Crippen LogP) is 2.34. The number of rotatable bonds is 2. The van der Waals surface area contributed by atoms with Crippen LogP contribution in [0.15, 0.2) is 0 Å². The summed E-state index contributed by atoms with van der Waals surface area (Å²) in [6.45, 7) is 3.39. The quantitative estimate of drug-likeness (QED) is 0.847. The van der Waals surface area contributed by atoms with Gasteiger partial charge in [-0.25, -0.2) is 0 Å². The van der Waals surface area contributed by atoms with Crippen LogP contribution in [0.2, 0.25) is 0 Å². The second kappa shape index (κ2) is 6.44. The molecule has 0 spiro atoms. The molecule has 22 heavy (non-hydrogen) atoms. The Hall–Kier alpha value is -0.680. The third kappa shape index (κ3) is 2.78. The van der Waals surface area contributed by atoms with Gasteiger partial charge in [0.15, 0.2) is 6.67 Å². The molecule has 1 aromatic heterocycles. The van der Waals surface area contributed by atoms with Gasteiger partial charge >= 0.3 is 0 Å². The van der Waals surface area contributed by atoms with E-state index >= 15 is 0 Å². The first kappa shape index (κ1) is 14.9. The molecule has 1 N–H and O–H groups in total. The van der Waals surface area contributed by atoms with E-state index in [0.29, 0.717) is 0 Å². The van der Waals surface area contributed by atoms with E-state index in [4.69, 9.17) is 17.3 Å². The van der Waals surface area contributed by atoms with Crippen molar-refractivity contribution >= 4 is 12.2 Å².